The number of aromatic nitrogens is 1. The summed E-state index contributed by atoms with van der Waals surface area (Å²) in [6.07, 6.45) is 4.35. The van der Waals surface area contributed by atoms with Gasteiger partial charge in [0, 0.05) is 18.1 Å². The molecule has 2 amide bonds. The highest BCUT2D eigenvalue weighted by Gasteiger charge is 2.10. The molecule has 0 radical (unpaired) electrons. The first-order chi connectivity index (χ1) is 9.70. The second-order valence-corrected chi connectivity index (χ2v) is 4.62. The molecule has 0 saturated heterocycles. The molecular formula is C16H19N3O. The number of carbonyl (C=O) groups is 1. The van der Waals surface area contributed by atoms with Gasteiger partial charge in [-0.2, -0.15) is 0 Å². The highest BCUT2D eigenvalue weighted by Crippen LogP contribution is 2.16. The van der Waals surface area contributed by atoms with E-state index >= 15 is 0 Å². The number of nitrogens with one attached hydrogen (secondary N) is 2. The van der Waals surface area contributed by atoms with E-state index in [0.717, 1.165) is 23.2 Å². The Morgan fingerprint density at radius 1 is 1.25 bits per heavy atom. The Labute approximate surface area is 119 Å². The number of para-hydroxylation sites is 1. The number of pyridine rings is 1. The van der Waals surface area contributed by atoms with Gasteiger partial charge >= 0.3 is 6.03 Å². The Morgan fingerprint density at radius 2 is 2.05 bits per heavy atom. The number of aryl methyl sites for hydroxylation is 1. The van der Waals surface area contributed by atoms with Crippen LogP contribution < -0.4 is 10.6 Å². The largest absolute Gasteiger partial charge is 0.331 e. The predicted molar refractivity (Wildman–Crippen MR) is 80.6 cm³/mol. The molecule has 2 N–H and O–H groups in total. The Balaban J connectivity index is 1.99. The van der Waals surface area contributed by atoms with E-state index in [4.69, 9.17) is 0 Å². The number of anilines is 1. The van der Waals surface area contributed by atoms with Crippen LogP contribution in [0.1, 0.15) is 31.0 Å². The van der Waals surface area contributed by atoms with E-state index in [1.165, 1.54) is 0 Å². The molecule has 1 aromatic heterocycles. The minimum atomic E-state index is -0.206. The molecule has 0 fully saturated rings. The van der Waals surface area contributed by atoms with E-state index in [9.17, 15) is 4.79 Å². The average Bonchev–Trinajstić information content (AvgIpc) is 2.48. The highest BCUT2D eigenvalue weighted by atomic mass is 16.2. The molecule has 104 valence electrons. The van der Waals surface area contributed by atoms with Gasteiger partial charge in [0.05, 0.1) is 6.04 Å². The van der Waals surface area contributed by atoms with Crippen LogP contribution in [-0.2, 0) is 6.42 Å². The van der Waals surface area contributed by atoms with Crippen LogP contribution in [0.5, 0.6) is 0 Å². The third-order valence-corrected chi connectivity index (χ3v) is 3.18. The summed E-state index contributed by atoms with van der Waals surface area (Å²) in [5, 5.41) is 5.80. The van der Waals surface area contributed by atoms with Crippen LogP contribution in [0, 0.1) is 0 Å². The van der Waals surface area contributed by atoms with Crippen LogP contribution in [0.4, 0.5) is 10.5 Å². The third kappa shape index (κ3) is 3.57. The maximum atomic E-state index is 12.0. The smallest absolute Gasteiger partial charge is 0.319 e. The summed E-state index contributed by atoms with van der Waals surface area (Å²) in [6.45, 7) is 4.00. The van der Waals surface area contributed by atoms with E-state index in [-0.39, 0.29) is 12.1 Å². The fourth-order valence-corrected chi connectivity index (χ4v) is 2.02. The number of carbonyl (C=O) groups excluding carboxylic acids is 1. The van der Waals surface area contributed by atoms with E-state index in [1.807, 2.05) is 43.3 Å². The summed E-state index contributed by atoms with van der Waals surface area (Å²) in [5.74, 6) is 0. The van der Waals surface area contributed by atoms with Gasteiger partial charge in [-0.1, -0.05) is 31.2 Å². The quantitative estimate of drug-likeness (QED) is 0.892. The average molecular weight is 269 g/mol. The molecule has 0 spiro atoms. The minimum Gasteiger partial charge on any atom is -0.331 e. The summed E-state index contributed by atoms with van der Waals surface area (Å²) < 4.78 is 0. The van der Waals surface area contributed by atoms with E-state index in [2.05, 4.69) is 22.5 Å². The molecule has 20 heavy (non-hydrogen) atoms. The lowest BCUT2D eigenvalue weighted by Crippen LogP contribution is -2.31. The zero-order valence-corrected chi connectivity index (χ0v) is 11.8. The SMILES string of the molecule is CCc1ccccc1NC(=O)N[C@@H](C)c1cccnc1. The van der Waals surface area contributed by atoms with Gasteiger partial charge in [-0.05, 0) is 36.6 Å². The highest BCUT2D eigenvalue weighted by molar-refractivity contribution is 5.90. The molecule has 0 aliphatic rings. The molecule has 0 unspecified atom stereocenters. The van der Waals surface area contributed by atoms with Crippen molar-refractivity contribution in [1.82, 2.24) is 10.3 Å². The van der Waals surface area contributed by atoms with Crippen LogP contribution in [0.15, 0.2) is 48.8 Å². The lowest BCUT2D eigenvalue weighted by Gasteiger charge is -2.16. The third-order valence-electron chi connectivity index (χ3n) is 3.18. The van der Waals surface area contributed by atoms with E-state index in [0.29, 0.717) is 0 Å². The van der Waals surface area contributed by atoms with Gasteiger partial charge in [0.2, 0.25) is 0 Å². The van der Waals surface area contributed by atoms with Gasteiger partial charge in [0.25, 0.3) is 0 Å². The maximum Gasteiger partial charge on any atom is 0.319 e. The standard InChI is InChI=1S/C16H19N3O/c1-3-13-7-4-5-9-15(13)19-16(20)18-12(2)14-8-6-10-17-11-14/h4-12H,3H2,1-2H3,(H2,18,19,20)/t12-/m0/s1. The molecule has 2 rings (SSSR count). The van der Waals surface area contributed by atoms with E-state index in [1.54, 1.807) is 12.4 Å². The fraction of sp³-hybridized carbons (Fsp3) is 0.250. The molecular weight excluding hydrogens is 250 g/mol. The molecule has 0 bridgehead atoms. The van der Waals surface area contributed by atoms with Gasteiger partial charge in [0.15, 0.2) is 0 Å². The van der Waals surface area contributed by atoms with Crippen molar-refractivity contribution in [2.75, 3.05) is 5.32 Å². The number of nitrogens with zero attached hydrogens (tertiary/aromatic N) is 1. The first kappa shape index (κ1) is 14.1. The molecule has 4 heteroatoms. The normalized spacial score (nSPS) is 11.7. The van der Waals surface area contributed by atoms with Crippen molar-refractivity contribution in [3.8, 4) is 0 Å². The minimum absolute atomic E-state index is 0.0857. The lowest BCUT2D eigenvalue weighted by atomic mass is 10.1. The molecule has 0 aliphatic heterocycles. The lowest BCUT2D eigenvalue weighted by molar-refractivity contribution is 0.249. The zero-order valence-electron chi connectivity index (χ0n) is 11.8. The topological polar surface area (TPSA) is 54.0 Å². The number of hydrogen-bond donors (Lipinski definition) is 2. The molecule has 4 nitrogen and oxygen atoms in total. The first-order valence-electron chi connectivity index (χ1n) is 6.76. The Kier molecular flexibility index (Phi) is 4.71. The van der Waals surface area contributed by atoms with Crippen LogP contribution >= 0.6 is 0 Å². The van der Waals surface area contributed by atoms with Crippen molar-refractivity contribution >= 4 is 11.7 Å². The summed E-state index contributed by atoms with van der Waals surface area (Å²) in [5.41, 5.74) is 2.95. The van der Waals surface area contributed by atoms with Crippen molar-refractivity contribution < 1.29 is 4.79 Å². The van der Waals surface area contributed by atoms with E-state index < -0.39 is 0 Å². The molecule has 1 aromatic carbocycles. The summed E-state index contributed by atoms with van der Waals surface area (Å²) in [4.78, 5) is 16.1. The summed E-state index contributed by atoms with van der Waals surface area (Å²) in [7, 11) is 0. The van der Waals surface area contributed by atoms with Crippen LogP contribution in [0.25, 0.3) is 0 Å². The molecule has 0 saturated carbocycles. The number of amides is 2. The number of benzene rings is 1. The maximum absolute atomic E-state index is 12.0. The van der Waals surface area contributed by atoms with Gasteiger partial charge in [-0.25, -0.2) is 4.79 Å². The molecule has 1 atom stereocenters. The monoisotopic (exact) mass is 269 g/mol. The van der Waals surface area contributed by atoms with Crippen LogP contribution in [0.3, 0.4) is 0 Å². The second-order valence-electron chi connectivity index (χ2n) is 4.62. The summed E-state index contributed by atoms with van der Waals surface area (Å²) in [6, 6.07) is 11.3. The molecule has 0 aliphatic carbocycles. The van der Waals surface area contributed by atoms with Crippen molar-refractivity contribution in [3.63, 3.8) is 0 Å². The second kappa shape index (κ2) is 6.70. The zero-order chi connectivity index (χ0) is 14.4. The van der Waals surface area contributed by atoms with Crippen LogP contribution in [-0.4, -0.2) is 11.0 Å². The Hall–Kier alpha value is -2.36. The number of urea groups is 1. The van der Waals surface area contributed by atoms with Gasteiger partial charge < -0.3 is 10.6 Å². The van der Waals surface area contributed by atoms with Crippen molar-refractivity contribution in [1.29, 1.82) is 0 Å². The number of rotatable bonds is 4. The Morgan fingerprint density at radius 3 is 2.75 bits per heavy atom. The van der Waals surface area contributed by atoms with Gasteiger partial charge in [0.1, 0.15) is 0 Å². The predicted octanol–water partition coefficient (Wildman–Crippen LogP) is 3.53. The first-order valence-corrected chi connectivity index (χ1v) is 6.76. The molecule has 1 heterocycles. The van der Waals surface area contributed by atoms with Crippen molar-refractivity contribution in [2.45, 2.75) is 26.3 Å². The van der Waals surface area contributed by atoms with Gasteiger partial charge in [-0.3, -0.25) is 4.98 Å². The van der Waals surface area contributed by atoms with Crippen molar-refractivity contribution in [2.24, 2.45) is 0 Å². The van der Waals surface area contributed by atoms with Crippen molar-refractivity contribution in [3.05, 3.63) is 59.9 Å². The molecule has 2 aromatic rings. The summed E-state index contributed by atoms with van der Waals surface area (Å²) >= 11 is 0. The van der Waals surface area contributed by atoms with Gasteiger partial charge in [-0.15, -0.1) is 0 Å². The number of hydrogen-bond acceptors (Lipinski definition) is 2. The van der Waals surface area contributed by atoms with Crippen LogP contribution in [0.2, 0.25) is 0 Å². The Bertz CT molecular complexity index is 569. The fourth-order valence-electron chi connectivity index (χ4n) is 2.02.